The van der Waals surface area contributed by atoms with Gasteiger partial charge in [0.2, 0.25) is 0 Å². The standard InChI is InChI=1S/C12H22O4.K.Li.2H/c1-2-3-4-5-6-7-8-9-16-12(15)10-11(13)14;;;;/h2-10H2,1H3,(H,13,14);;;;/q;2*+1;2*-1. The van der Waals surface area contributed by atoms with Gasteiger partial charge in [-0.2, -0.15) is 0 Å². The third-order valence-corrected chi connectivity index (χ3v) is 2.31. The van der Waals surface area contributed by atoms with Crippen molar-refractivity contribution in [3.8, 4) is 0 Å². The van der Waals surface area contributed by atoms with Crippen molar-refractivity contribution < 1.29 is 92.5 Å². The van der Waals surface area contributed by atoms with Gasteiger partial charge in [-0.3, -0.25) is 9.59 Å². The Bertz CT molecular complexity index is 222. The van der Waals surface area contributed by atoms with Gasteiger partial charge in [-0.1, -0.05) is 45.4 Å². The van der Waals surface area contributed by atoms with Crippen molar-refractivity contribution in [2.75, 3.05) is 6.61 Å². The van der Waals surface area contributed by atoms with Crippen LogP contribution in [0.2, 0.25) is 0 Å². The number of carbonyl (C=O) groups is 2. The molecule has 0 aliphatic rings. The zero-order valence-corrected chi connectivity index (χ0v) is 15.2. The second kappa shape index (κ2) is 18.2. The van der Waals surface area contributed by atoms with Crippen LogP contribution in [0.15, 0.2) is 0 Å². The monoisotopic (exact) mass is 278 g/mol. The van der Waals surface area contributed by atoms with Crippen molar-refractivity contribution in [2.45, 2.75) is 58.3 Å². The predicted molar refractivity (Wildman–Crippen MR) is 63.4 cm³/mol. The van der Waals surface area contributed by atoms with E-state index < -0.39 is 18.4 Å². The second-order valence-corrected chi connectivity index (χ2v) is 3.91. The van der Waals surface area contributed by atoms with Gasteiger partial charge >= 0.3 is 82.2 Å². The van der Waals surface area contributed by atoms with Gasteiger partial charge in [0.1, 0.15) is 6.42 Å². The number of carboxylic acid groups (broad SMARTS) is 1. The van der Waals surface area contributed by atoms with Crippen molar-refractivity contribution in [3.63, 3.8) is 0 Å². The third-order valence-electron chi connectivity index (χ3n) is 2.31. The molecule has 0 bridgehead atoms. The number of carboxylic acids is 1. The van der Waals surface area contributed by atoms with E-state index in [0.717, 1.165) is 19.3 Å². The number of aliphatic carboxylic acids is 1. The van der Waals surface area contributed by atoms with Gasteiger partial charge in [0, 0.05) is 0 Å². The molecule has 0 saturated carbocycles. The predicted octanol–water partition coefficient (Wildman–Crippen LogP) is -3.01. The molecule has 0 atom stereocenters. The summed E-state index contributed by atoms with van der Waals surface area (Å²) >= 11 is 0. The molecule has 1 N–H and O–H groups in total. The van der Waals surface area contributed by atoms with Gasteiger partial charge in [-0.15, -0.1) is 0 Å². The van der Waals surface area contributed by atoms with Crippen molar-refractivity contribution in [3.05, 3.63) is 0 Å². The Labute approximate surface area is 167 Å². The first-order valence-corrected chi connectivity index (χ1v) is 6.04. The van der Waals surface area contributed by atoms with E-state index in [9.17, 15) is 9.59 Å². The normalized spacial score (nSPS) is 8.94. The van der Waals surface area contributed by atoms with E-state index >= 15 is 0 Å². The van der Waals surface area contributed by atoms with E-state index in [-0.39, 0.29) is 73.1 Å². The Morgan fingerprint density at radius 1 is 1.06 bits per heavy atom. The number of hydrogen-bond donors (Lipinski definition) is 1. The number of esters is 1. The van der Waals surface area contributed by atoms with Crippen molar-refractivity contribution in [1.82, 2.24) is 0 Å². The van der Waals surface area contributed by atoms with Crippen LogP contribution in [0.5, 0.6) is 0 Å². The number of unbranched alkanes of at least 4 members (excludes halogenated alkanes) is 6. The van der Waals surface area contributed by atoms with E-state index in [1.165, 1.54) is 25.7 Å². The molecule has 18 heavy (non-hydrogen) atoms. The fourth-order valence-corrected chi connectivity index (χ4v) is 1.42. The molecule has 0 radical (unpaired) electrons. The van der Waals surface area contributed by atoms with E-state index in [4.69, 9.17) is 9.84 Å². The zero-order chi connectivity index (χ0) is 12.2. The van der Waals surface area contributed by atoms with Crippen LogP contribution < -0.4 is 70.2 Å². The SMILES string of the molecule is CCCCCCCCCOC(=O)CC(=O)O.[H-].[H-].[K+].[Li+]. The molecule has 0 aliphatic carbocycles. The second-order valence-electron chi connectivity index (χ2n) is 3.91. The summed E-state index contributed by atoms with van der Waals surface area (Å²) in [5, 5.41) is 8.31. The van der Waals surface area contributed by atoms with Crippen LogP contribution >= 0.6 is 0 Å². The van der Waals surface area contributed by atoms with E-state index in [2.05, 4.69) is 6.92 Å². The molecule has 0 amide bonds. The van der Waals surface area contributed by atoms with Crippen LogP contribution in [0.3, 0.4) is 0 Å². The Kier molecular flexibility index (Phi) is 24.4. The summed E-state index contributed by atoms with van der Waals surface area (Å²) in [4.78, 5) is 21.0. The summed E-state index contributed by atoms with van der Waals surface area (Å²) in [6.07, 6.45) is 7.54. The first-order valence-electron chi connectivity index (χ1n) is 6.04. The summed E-state index contributed by atoms with van der Waals surface area (Å²) < 4.78 is 4.76. The molecular weight excluding hydrogens is 254 g/mol. The molecular formula is C12H24KLiO4. The van der Waals surface area contributed by atoms with Crippen LogP contribution in [0, 0.1) is 0 Å². The minimum Gasteiger partial charge on any atom is -1.00 e. The molecule has 0 aromatic rings. The average Bonchev–Trinajstić information content (AvgIpc) is 2.21. The number of carbonyl (C=O) groups excluding carboxylic acids is 1. The van der Waals surface area contributed by atoms with Crippen LogP contribution in [-0.4, -0.2) is 23.7 Å². The smallest absolute Gasteiger partial charge is 1.00 e. The molecule has 0 aromatic carbocycles. The van der Waals surface area contributed by atoms with E-state index in [1.54, 1.807) is 0 Å². The fraction of sp³-hybridized carbons (Fsp3) is 0.833. The maximum Gasteiger partial charge on any atom is 1.00 e. The number of hydrogen-bond acceptors (Lipinski definition) is 3. The molecule has 0 aromatic heterocycles. The van der Waals surface area contributed by atoms with Crippen molar-refractivity contribution in [2.24, 2.45) is 0 Å². The summed E-state index contributed by atoms with van der Waals surface area (Å²) in [6.45, 7) is 2.53. The van der Waals surface area contributed by atoms with Gasteiger partial charge < -0.3 is 12.7 Å². The first-order chi connectivity index (χ1) is 7.66. The number of rotatable bonds is 10. The molecule has 0 spiro atoms. The molecule has 0 heterocycles. The van der Waals surface area contributed by atoms with Gasteiger partial charge in [0.25, 0.3) is 0 Å². The van der Waals surface area contributed by atoms with Crippen molar-refractivity contribution in [1.29, 1.82) is 0 Å². The number of ether oxygens (including phenoxy) is 1. The van der Waals surface area contributed by atoms with E-state index in [1.807, 2.05) is 0 Å². The Morgan fingerprint density at radius 3 is 2.06 bits per heavy atom. The average molecular weight is 278 g/mol. The summed E-state index contributed by atoms with van der Waals surface area (Å²) in [6, 6.07) is 0. The van der Waals surface area contributed by atoms with Gasteiger partial charge in [-0.05, 0) is 6.42 Å². The minimum atomic E-state index is -1.13. The maximum atomic E-state index is 10.8. The Morgan fingerprint density at radius 2 is 1.56 bits per heavy atom. The Balaban J connectivity index is -0.000000187. The fourth-order valence-electron chi connectivity index (χ4n) is 1.42. The van der Waals surface area contributed by atoms with Crippen LogP contribution in [0.25, 0.3) is 0 Å². The maximum absolute atomic E-state index is 10.8. The molecule has 0 saturated heterocycles. The summed E-state index contributed by atoms with van der Waals surface area (Å²) in [5.41, 5.74) is 0. The first kappa shape index (κ1) is 24.2. The van der Waals surface area contributed by atoms with Crippen LogP contribution in [-0.2, 0) is 14.3 Å². The van der Waals surface area contributed by atoms with Crippen LogP contribution in [0.1, 0.15) is 61.1 Å². The quantitative estimate of drug-likeness (QED) is 0.200. The Hall–Kier alpha value is 1.17. The molecule has 0 unspecified atom stereocenters. The molecule has 0 fully saturated rings. The summed E-state index contributed by atoms with van der Waals surface area (Å²) in [5.74, 6) is -1.77. The largest absolute Gasteiger partial charge is 1.00 e. The minimum absolute atomic E-state index is 0. The van der Waals surface area contributed by atoms with Gasteiger partial charge in [0.05, 0.1) is 6.61 Å². The van der Waals surface area contributed by atoms with E-state index in [0.29, 0.717) is 6.61 Å². The van der Waals surface area contributed by atoms with Crippen LogP contribution in [0.4, 0.5) is 0 Å². The van der Waals surface area contributed by atoms with Gasteiger partial charge in [0.15, 0.2) is 0 Å². The third kappa shape index (κ3) is 19.5. The van der Waals surface area contributed by atoms with Crippen molar-refractivity contribution >= 4 is 11.9 Å². The molecule has 6 heteroatoms. The topological polar surface area (TPSA) is 63.6 Å². The van der Waals surface area contributed by atoms with Gasteiger partial charge in [-0.25, -0.2) is 0 Å². The molecule has 4 nitrogen and oxygen atoms in total. The molecule has 0 aliphatic heterocycles. The summed E-state index contributed by atoms with van der Waals surface area (Å²) in [7, 11) is 0. The molecule has 0 rings (SSSR count). The molecule has 98 valence electrons. The zero-order valence-electron chi connectivity index (χ0n) is 14.0.